The zero-order chi connectivity index (χ0) is 15.0. The van der Waals surface area contributed by atoms with Crippen molar-refractivity contribution in [2.45, 2.75) is 32.3 Å². The molecule has 0 saturated heterocycles. The highest BCUT2D eigenvalue weighted by Crippen LogP contribution is 2.17. The van der Waals surface area contributed by atoms with E-state index in [0.29, 0.717) is 25.4 Å². The monoisotopic (exact) mass is 282 g/mol. The van der Waals surface area contributed by atoms with E-state index in [9.17, 15) is 15.2 Å². The highest BCUT2D eigenvalue weighted by atomic mass is 16.6. The van der Waals surface area contributed by atoms with Gasteiger partial charge in [0.15, 0.2) is 0 Å². The number of hydrogen-bond acceptors (Lipinski definition) is 5. The average Bonchev–Trinajstić information content (AvgIpc) is 2.38. The zero-order valence-electron chi connectivity index (χ0n) is 12.0. The third-order valence-corrected chi connectivity index (χ3v) is 2.89. The normalized spacial score (nSPS) is 13.8. The molecule has 1 unspecified atom stereocenters. The molecule has 1 rings (SSSR count). The number of nitro groups is 1. The molecule has 0 aromatic heterocycles. The first-order valence-electron chi connectivity index (χ1n) is 6.75. The molecule has 6 heteroatoms. The van der Waals surface area contributed by atoms with Crippen LogP contribution in [0.5, 0.6) is 5.75 Å². The second-order valence-electron chi connectivity index (χ2n) is 5.02. The lowest BCUT2D eigenvalue weighted by molar-refractivity contribution is -0.384. The summed E-state index contributed by atoms with van der Waals surface area (Å²) in [7, 11) is 0. The third kappa shape index (κ3) is 5.99. The Labute approximate surface area is 118 Å². The molecule has 1 aromatic carbocycles. The van der Waals surface area contributed by atoms with Gasteiger partial charge >= 0.3 is 0 Å². The summed E-state index contributed by atoms with van der Waals surface area (Å²) in [5.74, 6) is 0.595. The van der Waals surface area contributed by atoms with E-state index in [1.54, 1.807) is 19.1 Å². The molecular weight excluding hydrogens is 260 g/mol. The van der Waals surface area contributed by atoms with Gasteiger partial charge in [0, 0.05) is 25.2 Å². The van der Waals surface area contributed by atoms with Gasteiger partial charge in [-0.3, -0.25) is 10.1 Å². The molecule has 6 nitrogen and oxygen atoms in total. The Kier molecular flexibility index (Phi) is 6.41. The minimum Gasteiger partial charge on any atom is -0.492 e. The maximum atomic E-state index is 10.5. The van der Waals surface area contributed by atoms with Crippen LogP contribution in [-0.4, -0.2) is 35.3 Å². The van der Waals surface area contributed by atoms with Crippen LogP contribution in [-0.2, 0) is 0 Å². The Morgan fingerprint density at radius 2 is 2.05 bits per heavy atom. The lowest BCUT2D eigenvalue weighted by Gasteiger charge is -2.23. The summed E-state index contributed by atoms with van der Waals surface area (Å²) in [4.78, 5) is 10.0. The molecular formula is C14H22N2O4. The summed E-state index contributed by atoms with van der Waals surface area (Å²) >= 11 is 0. The van der Waals surface area contributed by atoms with Crippen LogP contribution in [0.15, 0.2) is 24.3 Å². The summed E-state index contributed by atoms with van der Waals surface area (Å²) in [5, 5.41) is 23.6. The van der Waals surface area contributed by atoms with Gasteiger partial charge in [0.05, 0.1) is 10.5 Å². The molecule has 0 aliphatic heterocycles. The van der Waals surface area contributed by atoms with Gasteiger partial charge in [0.25, 0.3) is 5.69 Å². The zero-order valence-corrected chi connectivity index (χ0v) is 12.0. The molecule has 20 heavy (non-hydrogen) atoms. The number of ether oxygens (including phenoxy) is 1. The van der Waals surface area contributed by atoms with Crippen LogP contribution in [0.2, 0.25) is 0 Å². The van der Waals surface area contributed by atoms with Crippen LogP contribution in [0, 0.1) is 10.1 Å². The first-order valence-corrected chi connectivity index (χ1v) is 6.75. The molecule has 0 radical (unpaired) electrons. The van der Waals surface area contributed by atoms with Crippen molar-refractivity contribution in [1.82, 2.24) is 5.32 Å². The highest BCUT2D eigenvalue weighted by Gasteiger charge is 2.17. The predicted molar refractivity (Wildman–Crippen MR) is 77.0 cm³/mol. The number of non-ortho nitro benzene ring substituents is 1. The van der Waals surface area contributed by atoms with Crippen molar-refractivity contribution in [3.05, 3.63) is 34.4 Å². The number of nitrogens with one attached hydrogen (secondary N) is 1. The number of aliphatic hydroxyl groups is 1. The quantitative estimate of drug-likeness (QED) is 0.411. The van der Waals surface area contributed by atoms with Gasteiger partial charge < -0.3 is 15.2 Å². The summed E-state index contributed by atoms with van der Waals surface area (Å²) in [6.45, 7) is 5.41. The van der Waals surface area contributed by atoms with Crippen molar-refractivity contribution < 1.29 is 14.8 Å². The van der Waals surface area contributed by atoms with E-state index in [1.165, 1.54) is 12.1 Å². The third-order valence-electron chi connectivity index (χ3n) is 2.89. The van der Waals surface area contributed by atoms with Gasteiger partial charge in [-0.05, 0) is 25.5 Å². The second-order valence-corrected chi connectivity index (χ2v) is 5.02. The molecule has 1 atom stereocenters. The Morgan fingerprint density at radius 3 is 2.60 bits per heavy atom. The number of hydrogen-bond donors (Lipinski definition) is 2. The van der Waals surface area contributed by atoms with Crippen LogP contribution >= 0.6 is 0 Å². The van der Waals surface area contributed by atoms with Crippen molar-refractivity contribution in [1.29, 1.82) is 0 Å². The fourth-order valence-electron chi connectivity index (χ4n) is 1.89. The maximum Gasteiger partial charge on any atom is 0.269 e. The van der Waals surface area contributed by atoms with E-state index in [-0.39, 0.29) is 5.69 Å². The van der Waals surface area contributed by atoms with Gasteiger partial charge in [-0.1, -0.05) is 13.3 Å². The van der Waals surface area contributed by atoms with Crippen LogP contribution < -0.4 is 10.1 Å². The summed E-state index contributed by atoms with van der Waals surface area (Å²) < 4.78 is 5.45. The van der Waals surface area contributed by atoms with E-state index in [0.717, 1.165) is 12.8 Å². The van der Waals surface area contributed by atoms with Gasteiger partial charge in [0.2, 0.25) is 0 Å². The van der Waals surface area contributed by atoms with E-state index < -0.39 is 10.5 Å². The number of nitrogens with zero attached hydrogens (tertiary/aromatic N) is 1. The number of nitro benzene ring substituents is 1. The van der Waals surface area contributed by atoms with Crippen molar-refractivity contribution in [3.8, 4) is 5.75 Å². The standard InChI is InChI=1S/C14H22N2O4/c1-3-8-14(2,17)11-15-9-10-20-13-6-4-12(5-7-13)16(18)19/h4-7,15,17H,3,8-11H2,1-2H3. The fraction of sp³-hybridized carbons (Fsp3) is 0.571. The molecule has 112 valence electrons. The van der Waals surface area contributed by atoms with E-state index in [2.05, 4.69) is 5.32 Å². The minimum absolute atomic E-state index is 0.0473. The van der Waals surface area contributed by atoms with Crippen LogP contribution in [0.1, 0.15) is 26.7 Å². The molecule has 0 saturated carbocycles. The Morgan fingerprint density at radius 1 is 1.40 bits per heavy atom. The summed E-state index contributed by atoms with van der Waals surface area (Å²) in [6, 6.07) is 5.97. The molecule has 0 aliphatic carbocycles. The molecule has 2 N–H and O–H groups in total. The molecule has 0 aliphatic rings. The number of rotatable bonds is 9. The van der Waals surface area contributed by atoms with E-state index >= 15 is 0 Å². The lowest BCUT2D eigenvalue weighted by Crippen LogP contribution is -2.39. The Balaban J connectivity index is 2.23. The molecule has 1 aromatic rings. The highest BCUT2D eigenvalue weighted by molar-refractivity contribution is 5.35. The smallest absolute Gasteiger partial charge is 0.269 e. The lowest BCUT2D eigenvalue weighted by atomic mass is 10.0. The Hall–Kier alpha value is -1.66. The van der Waals surface area contributed by atoms with Gasteiger partial charge in [0.1, 0.15) is 12.4 Å². The molecule has 0 fully saturated rings. The first-order chi connectivity index (χ1) is 9.44. The predicted octanol–water partition coefficient (Wildman–Crippen LogP) is 2.11. The topological polar surface area (TPSA) is 84.6 Å². The SMILES string of the molecule is CCCC(C)(O)CNCCOc1ccc([N+](=O)[O-])cc1. The van der Waals surface area contributed by atoms with Crippen LogP contribution in [0.4, 0.5) is 5.69 Å². The maximum absolute atomic E-state index is 10.5. The van der Waals surface area contributed by atoms with E-state index in [1.807, 2.05) is 6.92 Å². The van der Waals surface area contributed by atoms with Crippen molar-refractivity contribution >= 4 is 5.69 Å². The Bertz CT molecular complexity index is 418. The molecule has 0 amide bonds. The first kappa shape index (κ1) is 16.4. The number of benzene rings is 1. The largest absolute Gasteiger partial charge is 0.492 e. The minimum atomic E-state index is -0.692. The van der Waals surface area contributed by atoms with Crippen LogP contribution in [0.3, 0.4) is 0 Å². The van der Waals surface area contributed by atoms with Gasteiger partial charge in [-0.2, -0.15) is 0 Å². The van der Waals surface area contributed by atoms with Gasteiger partial charge in [-0.25, -0.2) is 0 Å². The molecule has 0 bridgehead atoms. The van der Waals surface area contributed by atoms with E-state index in [4.69, 9.17) is 4.74 Å². The second kappa shape index (κ2) is 7.81. The van der Waals surface area contributed by atoms with Gasteiger partial charge in [-0.15, -0.1) is 0 Å². The van der Waals surface area contributed by atoms with Crippen molar-refractivity contribution in [3.63, 3.8) is 0 Å². The molecule has 0 heterocycles. The van der Waals surface area contributed by atoms with Crippen LogP contribution in [0.25, 0.3) is 0 Å². The summed E-state index contributed by atoms with van der Waals surface area (Å²) in [6.07, 6.45) is 1.69. The summed E-state index contributed by atoms with van der Waals surface area (Å²) in [5.41, 5.74) is -0.645. The average molecular weight is 282 g/mol. The van der Waals surface area contributed by atoms with Crippen molar-refractivity contribution in [2.75, 3.05) is 19.7 Å². The fourth-order valence-corrected chi connectivity index (χ4v) is 1.89. The van der Waals surface area contributed by atoms with Crippen molar-refractivity contribution in [2.24, 2.45) is 0 Å². The molecule has 0 spiro atoms.